The average Bonchev–Trinajstić information content (AvgIpc) is 3.07. The number of benzene rings is 1. The second-order valence-electron chi connectivity index (χ2n) is 6.95. The molecule has 0 aliphatic carbocycles. The highest BCUT2D eigenvalue weighted by molar-refractivity contribution is 7.11. The largest absolute Gasteiger partial charge is 0.494 e. The number of nitrogens with one attached hydrogen (secondary N) is 1. The van der Waals surface area contributed by atoms with Gasteiger partial charge in [-0.3, -0.25) is 9.59 Å². The molecular formula is C19H24N2O4S. The Labute approximate surface area is 157 Å². The van der Waals surface area contributed by atoms with Crippen molar-refractivity contribution in [1.82, 2.24) is 10.3 Å². The average molecular weight is 376 g/mol. The molecule has 0 saturated carbocycles. The molecule has 6 nitrogen and oxygen atoms in total. The van der Waals surface area contributed by atoms with Gasteiger partial charge in [0.25, 0.3) is 5.91 Å². The molecule has 0 bridgehead atoms. The van der Waals surface area contributed by atoms with Gasteiger partial charge in [-0.1, -0.05) is 32.9 Å². The fraction of sp³-hybridized carbons (Fsp3) is 0.421. The maximum absolute atomic E-state index is 12.4. The van der Waals surface area contributed by atoms with Gasteiger partial charge < -0.3 is 15.2 Å². The number of ether oxygens (including phenoxy) is 1. The van der Waals surface area contributed by atoms with Crippen LogP contribution in [-0.2, 0) is 16.8 Å². The zero-order valence-electron chi connectivity index (χ0n) is 15.2. The Morgan fingerprint density at radius 3 is 2.54 bits per heavy atom. The number of hydrogen-bond acceptors (Lipinski definition) is 5. The molecule has 1 aromatic carbocycles. The van der Waals surface area contributed by atoms with E-state index in [-0.39, 0.29) is 17.7 Å². The first-order valence-corrected chi connectivity index (χ1v) is 9.31. The Kier molecular flexibility index (Phi) is 6.74. The lowest BCUT2D eigenvalue weighted by molar-refractivity contribution is -0.137. The molecule has 0 radical (unpaired) electrons. The molecule has 2 aromatic rings. The van der Waals surface area contributed by atoms with Crippen LogP contribution in [0.3, 0.4) is 0 Å². The number of thiazole rings is 1. The third kappa shape index (κ3) is 5.84. The minimum atomic E-state index is -0.824. The summed E-state index contributed by atoms with van der Waals surface area (Å²) in [5, 5.41) is 11.5. The number of carboxylic acid groups (broad SMARTS) is 1. The summed E-state index contributed by atoms with van der Waals surface area (Å²) in [5.74, 6) is -0.260. The summed E-state index contributed by atoms with van der Waals surface area (Å²) in [6, 6.07) is 7.39. The van der Waals surface area contributed by atoms with Gasteiger partial charge in [0.1, 0.15) is 10.6 Å². The molecule has 0 spiro atoms. The molecule has 0 fully saturated rings. The van der Waals surface area contributed by atoms with E-state index in [1.165, 1.54) is 11.3 Å². The molecule has 26 heavy (non-hydrogen) atoms. The topological polar surface area (TPSA) is 88.5 Å². The minimum Gasteiger partial charge on any atom is -0.494 e. The van der Waals surface area contributed by atoms with Crippen LogP contribution in [0, 0.1) is 0 Å². The van der Waals surface area contributed by atoms with Crippen molar-refractivity contribution in [2.24, 2.45) is 0 Å². The van der Waals surface area contributed by atoms with Crippen molar-refractivity contribution in [3.05, 3.63) is 45.9 Å². The maximum atomic E-state index is 12.4. The molecular weight excluding hydrogens is 352 g/mol. The van der Waals surface area contributed by atoms with E-state index >= 15 is 0 Å². The van der Waals surface area contributed by atoms with Gasteiger partial charge in [-0.15, -0.1) is 11.3 Å². The summed E-state index contributed by atoms with van der Waals surface area (Å²) >= 11 is 1.35. The highest BCUT2D eigenvalue weighted by Gasteiger charge is 2.24. The molecule has 1 heterocycles. The Hall–Kier alpha value is -2.41. The number of rotatable bonds is 8. The van der Waals surface area contributed by atoms with E-state index in [4.69, 9.17) is 9.84 Å². The summed E-state index contributed by atoms with van der Waals surface area (Å²) in [5.41, 5.74) is 3.29. The SMILES string of the molecule is CC(C)(C)c1ncsc1C(=O)NCc1ccc(OCCCC(=O)O)cc1. The molecule has 140 valence electrons. The van der Waals surface area contributed by atoms with Crippen molar-refractivity contribution in [2.45, 2.75) is 45.6 Å². The van der Waals surface area contributed by atoms with Crippen LogP contribution in [0.25, 0.3) is 0 Å². The Morgan fingerprint density at radius 1 is 1.23 bits per heavy atom. The Balaban J connectivity index is 1.85. The van der Waals surface area contributed by atoms with Gasteiger partial charge in [-0.2, -0.15) is 0 Å². The van der Waals surface area contributed by atoms with Crippen LogP contribution in [-0.4, -0.2) is 28.6 Å². The molecule has 2 N–H and O–H groups in total. The highest BCUT2D eigenvalue weighted by atomic mass is 32.1. The van der Waals surface area contributed by atoms with E-state index in [9.17, 15) is 9.59 Å². The first-order chi connectivity index (χ1) is 12.3. The summed E-state index contributed by atoms with van der Waals surface area (Å²) in [7, 11) is 0. The number of carbonyl (C=O) groups is 2. The fourth-order valence-electron chi connectivity index (χ4n) is 2.32. The second-order valence-corrected chi connectivity index (χ2v) is 7.81. The van der Waals surface area contributed by atoms with E-state index in [0.717, 1.165) is 11.3 Å². The van der Waals surface area contributed by atoms with Crippen molar-refractivity contribution in [3.63, 3.8) is 0 Å². The monoisotopic (exact) mass is 376 g/mol. The van der Waals surface area contributed by atoms with Crippen LogP contribution in [0.5, 0.6) is 5.75 Å². The molecule has 7 heteroatoms. The molecule has 0 unspecified atom stereocenters. The Bertz CT molecular complexity index is 748. The minimum absolute atomic E-state index is 0.0955. The standard InChI is InChI=1S/C19H24N2O4S/c1-19(2,3)17-16(26-12-21-17)18(24)20-11-13-6-8-14(9-7-13)25-10-4-5-15(22)23/h6-9,12H,4-5,10-11H2,1-3H3,(H,20,24)(H,22,23). The number of carbonyl (C=O) groups excluding carboxylic acids is 1. The number of carboxylic acids is 1. The third-order valence-electron chi connectivity index (χ3n) is 3.66. The first-order valence-electron chi connectivity index (χ1n) is 8.43. The predicted molar refractivity (Wildman–Crippen MR) is 101 cm³/mol. The van der Waals surface area contributed by atoms with Gasteiger partial charge in [0.15, 0.2) is 0 Å². The van der Waals surface area contributed by atoms with Crippen molar-refractivity contribution in [1.29, 1.82) is 0 Å². The van der Waals surface area contributed by atoms with Crippen LogP contribution < -0.4 is 10.1 Å². The van der Waals surface area contributed by atoms with Crippen LogP contribution in [0.15, 0.2) is 29.8 Å². The summed E-state index contributed by atoms with van der Waals surface area (Å²) < 4.78 is 5.49. The van der Waals surface area contributed by atoms with Crippen molar-refractivity contribution in [3.8, 4) is 5.75 Å². The number of aliphatic carboxylic acids is 1. The molecule has 2 rings (SSSR count). The first kappa shape index (κ1) is 19.9. The van der Waals surface area contributed by atoms with Crippen molar-refractivity contribution < 1.29 is 19.4 Å². The lowest BCUT2D eigenvalue weighted by Crippen LogP contribution is -2.25. The zero-order chi connectivity index (χ0) is 19.2. The van der Waals surface area contributed by atoms with Gasteiger partial charge in [-0.25, -0.2) is 4.98 Å². The number of nitrogens with zero attached hydrogens (tertiary/aromatic N) is 1. The molecule has 0 aliphatic rings. The van der Waals surface area contributed by atoms with E-state index in [1.54, 1.807) is 5.51 Å². The lowest BCUT2D eigenvalue weighted by atomic mass is 9.91. The zero-order valence-corrected chi connectivity index (χ0v) is 16.1. The lowest BCUT2D eigenvalue weighted by Gasteiger charge is -2.17. The molecule has 1 aromatic heterocycles. The van der Waals surface area contributed by atoms with E-state index in [0.29, 0.717) is 30.2 Å². The molecule has 0 saturated heterocycles. The second kappa shape index (κ2) is 8.80. The van der Waals surface area contributed by atoms with Gasteiger partial charge in [0.05, 0.1) is 17.8 Å². The van der Waals surface area contributed by atoms with Crippen molar-refractivity contribution >= 4 is 23.2 Å². The van der Waals surface area contributed by atoms with Gasteiger partial charge in [-0.05, 0) is 24.1 Å². The smallest absolute Gasteiger partial charge is 0.303 e. The quantitative estimate of drug-likeness (QED) is 0.687. The highest BCUT2D eigenvalue weighted by Crippen LogP contribution is 2.27. The van der Waals surface area contributed by atoms with Crippen LogP contribution in [0.1, 0.15) is 54.5 Å². The van der Waals surface area contributed by atoms with E-state index in [2.05, 4.69) is 10.3 Å². The predicted octanol–water partition coefficient (Wildman–Crippen LogP) is 3.61. The normalized spacial score (nSPS) is 11.2. The summed E-state index contributed by atoms with van der Waals surface area (Å²) in [6.45, 7) is 6.89. The van der Waals surface area contributed by atoms with E-state index < -0.39 is 5.97 Å². The van der Waals surface area contributed by atoms with Gasteiger partial charge in [0, 0.05) is 18.4 Å². The number of hydrogen-bond donors (Lipinski definition) is 2. The van der Waals surface area contributed by atoms with Crippen LogP contribution >= 0.6 is 11.3 Å². The van der Waals surface area contributed by atoms with Gasteiger partial charge >= 0.3 is 5.97 Å². The fourth-order valence-corrected chi connectivity index (χ4v) is 3.23. The number of amides is 1. The third-order valence-corrected chi connectivity index (χ3v) is 4.49. The number of aromatic nitrogens is 1. The molecule has 1 amide bonds. The molecule has 0 atom stereocenters. The summed E-state index contributed by atoms with van der Waals surface area (Å²) in [6.07, 6.45) is 0.566. The Morgan fingerprint density at radius 2 is 1.92 bits per heavy atom. The maximum Gasteiger partial charge on any atom is 0.303 e. The summed E-state index contributed by atoms with van der Waals surface area (Å²) in [4.78, 5) is 27.9. The van der Waals surface area contributed by atoms with Crippen LogP contribution in [0.4, 0.5) is 0 Å². The van der Waals surface area contributed by atoms with Crippen molar-refractivity contribution in [2.75, 3.05) is 6.61 Å². The molecule has 0 aliphatic heterocycles. The van der Waals surface area contributed by atoms with Crippen LogP contribution in [0.2, 0.25) is 0 Å². The van der Waals surface area contributed by atoms with E-state index in [1.807, 2.05) is 45.0 Å². The van der Waals surface area contributed by atoms with Gasteiger partial charge in [0.2, 0.25) is 0 Å².